The van der Waals surface area contributed by atoms with E-state index in [2.05, 4.69) is 19.2 Å². The van der Waals surface area contributed by atoms with Crippen LogP contribution in [0.5, 0.6) is 0 Å². The first-order chi connectivity index (χ1) is 12.3. The molecule has 0 aromatic carbocycles. The molecule has 3 atom stereocenters. The number of fused-ring (bicyclic) bond motifs is 1. The zero-order valence-electron chi connectivity index (χ0n) is 14.9. The van der Waals surface area contributed by atoms with Crippen LogP contribution in [0.25, 0.3) is 0 Å². The number of carbonyl (C=O) groups excluding carboxylic acids is 1. The van der Waals surface area contributed by atoms with Crippen LogP contribution >= 0.6 is 34.8 Å². The molecule has 3 aliphatic carbocycles. The molecule has 0 spiro atoms. The molecule has 0 radical (unpaired) electrons. The number of aryl methyl sites for hydroxylation is 1. The van der Waals surface area contributed by atoms with Crippen LogP contribution in [0.2, 0.25) is 0 Å². The van der Waals surface area contributed by atoms with Gasteiger partial charge in [0.05, 0.1) is 5.69 Å². The van der Waals surface area contributed by atoms with Crippen molar-refractivity contribution in [1.29, 1.82) is 0 Å². The smallest absolute Gasteiger partial charge is 0.411 e. The number of ether oxygens (including phenoxy) is 1. The Morgan fingerprint density at radius 2 is 1.92 bits per heavy atom. The summed E-state index contributed by atoms with van der Waals surface area (Å²) in [5.41, 5.74) is 5.66. The first-order valence-corrected chi connectivity index (χ1v) is 10.5. The summed E-state index contributed by atoms with van der Waals surface area (Å²) in [5.74, 6) is 2.27. The van der Waals surface area contributed by atoms with Crippen molar-refractivity contribution >= 4 is 46.6 Å². The van der Waals surface area contributed by atoms with Gasteiger partial charge >= 0.3 is 6.09 Å². The number of aromatic nitrogens is 1. The number of halogens is 3. The first kappa shape index (κ1) is 18.6. The maximum absolute atomic E-state index is 12.3. The fourth-order valence-electron chi connectivity index (χ4n) is 4.25. The molecular weight excluding hydrogens is 395 g/mol. The van der Waals surface area contributed by atoms with E-state index in [-0.39, 0.29) is 6.61 Å². The minimum atomic E-state index is -1.61. The highest BCUT2D eigenvalue weighted by Gasteiger charge is 2.48. The number of pyridine rings is 1. The lowest BCUT2D eigenvalue weighted by atomic mass is 9.97. The molecule has 4 nitrogen and oxygen atoms in total. The number of hydrogen-bond acceptors (Lipinski definition) is 3. The molecule has 2 fully saturated rings. The van der Waals surface area contributed by atoms with Crippen molar-refractivity contribution < 1.29 is 9.53 Å². The largest absolute Gasteiger partial charge is 0.445 e. The molecule has 0 bridgehead atoms. The highest BCUT2D eigenvalue weighted by atomic mass is 35.6. The van der Waals surface area contributed by atoms with Crippen molar-refractivity contribution in [3.05, 3.63) is 22.5 Å². The van der Waals surface area contributed by atoms with Gasteiger partial charge in [-0.1, -0.05) is 48.7 Å². The van der Waals surface area contributed by atoms with Gasteiger partial charge in [-0.2, -0.15) is 0 Å². The van der Waals surface area contributed by atoms with E-state index in [0.717, 1.165) is 43.5 Å². The van der Waals surface area contributed by atoms with Crippen LogP contribution in [-0.2, 0) is 17.6 Å². The minimum absolute atomic E-state index is 0.279. The minimum Gasteiger partial charge on any atom is -0.445 e. The molecule has 1 unspecified atom stereocenters. The lowest BCUT2D eigenvalue weighted by Gasteiger charge is -2.20. The van der Waals surface area contributed by atoms with Gasteiger partial charge in [-0.3, -0.25) is 10.3 Å². The molecule has 2 saturated carbocycles. The molecule has 3 aliphatic rings. The maximum Gasteiger partial charge on any atom is 0.411 e. The molecule has 7 heteroatoms. The number of carbonyl (C=O) groups is 1. The van der Waals surface area contributed by atoms with Crippen LogP contribution in [0.1, 0.15) is 67.5 Å². The van der Waals surface area contributed by atoms with Crippen LogP contribution in [0.4, 0.5) is 10.5 Å². The molecule has 1 heterocycles. The summed E-state index contributed by atoms with van der Waals surface area (Å²) in [6, 6.07) is 0. The number of alkyl halides is 3. The van der Waals surface area contributed by atoms with Crippen molar-refractivity contribution in [3.8, 4) is 0 Å². The van der Waals surface area contributed by atoms with E-state index < -0.39 is 9.89 Å². The normalized spacial score (nSPS) is 27.2. The van der Waals surface area contributed by atoms with Crippen LogP contribution in [-0.4, -0.2) is 21.5 Å². The molecular formula is C19H23Cl3N2O2. The standard InChI is InChI=1S/C19H23Cl3N2O2/c1-9-10(2)14(9)17-15(11-6-7-11)16(12-4-3-5-13(12)23-17)24-18(25)26-8-19(20,21)22/h9-11,14H,3-8H2,1-2H3,(H,23,24,25)/t9-,10+,14?. The van der Waals surface area contributed by atoms with Gasteiger partial charge in [-0.25, -0.2) is 4.79 Å². The molecule has 0 saturated heterocycles. The van der Waals surface area contributed by atoms with E-state index in [1.165, 1.54) is 16.8 Å². The van der Waals surface area contributed by atoms with Crippen molar-refractivity contribution in [2.45, 2.75) is 61.6 Å². The molecule has 0 aliphatic heterocycles. The maximum atomic E-state index is 12.3. The number of nitrogens with zero attached hydrogens (tertiary/aromatic N) is 1. The monoisotopic (exact) mass is 416 g/mol. The number of nitrogens with one attached hydrogen (secondary N) is 1. The van der Waals surface area contributed by atoms with E-state index in [4.69, 9.17) is 44.5 Å². The van der Waals surface area contributed by atoms with Crippen LogP contribution in [0, 0.1) is 11.8 Å². The lowest BCUT2D eigenvalue weighted by molar-refractivity contribution is 0.164. The van der Waals surface area contributed by atoms with Gasteiger partial charge in [0.25, 0.3) is 0 Å². The summed E-state index contributed by atoms with van der Waals surface area (Å²) in [5, 5.41) is 2.98. The average molecular weight is 418 g/mol. The summed E-state index contributed by atoms with van der Waals surface area (Å²) in [6.45, 7) is 4.28. The van der Waals surface area contributed by atoms with E-state index >= 15 is 0 Å². The van der Waals surface area contributed by atoms with Gasteiger partial charge in [-0.05, 0) is 55.4 Å². The second-order valence-corrected chi connectivity index (χ2v) is 10.4. The Morgan fingerprint density at radius 1 is 1.23 bits per heavy atom. The van der Waals surface area contributed by atoms with E-state index in [9.17, 15) is 4.79 Å². The van der Waals surface area contributed by atoms with Crippen molar-refractivity contribution in [3.63, 3.8) is 0 Å². The third-order valence-corrected chi connectivity index (χ3v) is 6.34. The van der Waals surface area contributed by atoms with Crippen molar-refractivity contribution in [2.24, 2.45) is 11.8 Å². The van der Waals surface area contributed by atoms with E-state index in [1.54, 1.807) is 0 Å². The predicted octanol–water partition coefficient (Wildman–Crippen LogP) is 5.74. The summed E-state index contributed by atoms with van der Waals surface area (Å²) in [4.78, 5) is 17.4. The Morgan fingerprint density at radius 3 is 2.50 bits per heavy atom. The fourth-order valence-corrected chi connectivity index (χ4v) is 4.41. The highest BCUT2D eigenvalue weighted by molar-refractivity contribution is 6.67. The van der Waals surface area contributed by atoms with Gasteiger partial charge in [0, 0.05) is 22.9 Å². The van der Waals surface area contributed by atoms with Gasteiger partial charge < -0.3 is 4.74 Å². The number of anilines is 1. The summed E-state index contributed by atoms with van der Waals surface area (Å²) >= 11 is 17.1. The predicted molar refractivity (Wildman–Crippen MR) is 105 cm³/mol. The second kappa shape index (κ2) is 6.72. The Balaban J connectivity index is 1.67. The molecule has 1 N–H and O–H groups in total. The van der Waals surface area contributed by atoms with Crippen LogP contribution < -0.4 is 5.32 Å². The first-order valence-electron chi connectivity index (χ1n) is 9.32. The second-order valence-electron chi connectivity index (χ2n) is 7.90. The van der Waals surface area contributed by atoms with Crippen molar-refractivity contribution in [1.82, 2.24) is 4.98 Å². The van der Waals surface area contributed by atoms with Gasteiger partial charge in [-0.15, -0.1) is 0 Å². The molecule has 1 aromatic heterocycles. The zero-order chi connectivity index (χ0) is 18.6. The van der Waals surface area contributed by atoms with Crippen LogP contribution in [0.15, 0.2) is 0 Å². The Labute approximate surface area is 168 Å². The molecule has 142 valence electrons. The van der Waals surface area contributed by atoms with E-state index in [1.807, 2.05) is 0 Å². The average Bonchev–Trinajstić information content (AvgIpc) is 3.43. The number of rotatable bonds is 4. The topological polar surface area (TPSA) is 51.2 Å². The molecule has 1 amide bonds. The van der Waals surface area contributed by atoms with Gasteiger partial charge in [0.2, 0.25) is 3.79 Å². The number of amides is 1. The quantitative estimate of drug-likeness (QED) is 0.636. The molecule has 1 aromatic rings. The van der Waals surface area contributed by atoms with Crippen molar-refractivity contribution in [2.75, 3.05) is 11.9 Å². The SMILES string of the molecule is C[C@@H]1C(c2nc3c(c(NC(=O)OCC(Cl)(Cl)Cl)c2C2CC2)CCC3)[C@@H]1C. The highest BCUT2D eigenvalue weighted by Crippen LogP contribution is 2.58. The Kier molecular flexibility index (Phi) is 4.82. The summed E-state index contributed by atoms with van der Waals surface area (Å²) < 4.78 is 3.51. The Hall–Kier alpha value is -0.710. The molecule has 26 heavy (non-hydrogen) atoms. The zero-order valence-corrected chi connectivity index (χ0v) is 17.2. The van der Waals surface area contributed by atoms with E-state index in [0.29, 0.717) is 23.7 Å². The lowest BCUT2D eigenvalue weighted by Crippen LogP contribution is -2.23. The van der Waals surface area contributed by atoms with Crippen LogP contribution in [0.3, 0.4) is 0 Å². The Bertz CT molecular complexity index is 735. The van der Waals surface area contributed by atoms with Gasteiger partial charge in [0.1, 0.15) is 6.61 Å². The fraction of sp³-hybridized carbons (Fsp3) is 0.684. The summed E-state index contributed by atoms with van der Waals surface area (Å²) in [7, 11) is 0. The third-order valence-electron chi connectivity index (χ3n) is 6.01. The number of hydrogen-bond donors (Lipinski definition) is 1. The van der Waals surface area contributed by atoms with Gasteiger partial charge in [0.15, 0.2) is 0 Å². The molecule has 4 rings (SSSR count). The summed E-state index contributed by atoms with van der Waals surface area (Å²) in [6.07, 6.45) is 4.73. The third kappa shape index (κ3) is 3.65.